The summed E-state index contributed by atoms with van der Waals surface area (Å²) in [7, 11) is 4.82. The van der Waals surface area contributed by atoms with Crippen LogP contribution in [-0.4, -0.2) is 90.0 Å². The molecule has 1 aliphatic rings. The lowest BCUT2D eigenvalue weighted by Gasteiger charge is -2.37. The number of aliphatic hydroxyl groups is 1. The third kappa shape index (κ3) is 7.27. The normalized spacial score (nSPS) is 18.4. The van der Waals surface area contributed by atoms with Crippen molar-refractivity contribution < 1.29 is 38.3 Å². The molecule has 1 amide bonds. The fraction of sp³-hybridized carbons (Fsp3) is 0.268. The second kappa shape index (κ2) is 16.5. The zero-order valence-corrected chi connectivity index (χ0v) is 30.1. The summed E-state index contributed by atoms with van der Waals surface area (Å²) in [5, 5.41) is 14.7. The van der Waals surface area contributed by atoms with Gasteiger partial charge in [0.2, 0.25) is 0 Å². The van der Waals surface area contributed by atoms with Crippen molar-refractivity contribution >= 4 is 22.9 Å². The van der Waals surface area contributed by atoms with Crippen LogP contribution in [-0.2, 0) is 24.5 Å². The number of nitrogens with one attached hydrogen (secondary N) is 1. The highest BCUT2D eigenvalue weighted by Gasteiger charge is 2.48. The lowest BCUT2D eigenvalue weighted by molar-refractivity contribution is -0.0970. The molecule has 7 rings (SSSR count). The number of aliphatic hydroxyl groups excluding tert-OH is 1. The molecule has 2 aromatic heterocycles. The molecule has 1 fully saturated rings. The smallest absolute Gasteiger partial charge is 0.256 e. The van der Waals surface area contributed by atoms with Crippen molar-refractivity contribution in [2.24, 2.45) is 0 Å². The van der Waals surface area contributed by atoms with Gasteiger partial charge in [-0.15, -0.1) is 0 Å². The van der Waals surface area contributed by atoms with Crippen LogP contribution in [0.3, 0.4) is 0 Å². The van der Waals surface area contributed by atoms with Gasteiger partial charge in [-0.3, -0.25) is 9.36 Å². The molecule has 54 heavy (non-hydrogen) atoms. The number of amides is 1. The van der Waals surface area contributed by atoms with E-state index in [1.165, 1.54) is 12.7 Å². The predicted octanol–water partition coefficient (Wildman–Crippen LogP) is 5.39. The van der Waals surface area contributed by atoms with Gasteiger partial charge in [-0.25, -0.2) is 15.0 Å². The molecular weight excluding hydrogens is 690 g/mol. The maximum absolute atomic E-state index is 13.0. The molecule has 4 aromatic carbocycles. The lowest BCUT2D eigenvalue weighted by Crippen LogP contribution is -2.40. The van der Waals surface area contributed by atoms with Gasteiger partial charge < -0.3 is 38.8 Å². The van der Waals surface area contributed by atoms with Gasteiger partial charge in [-0.2, -0.15) is 0 Å². The first kappa shape index (κ1) is 36.6. The molecule has 0 spiro atoms. The highest BCUT2D eigenvalue weighted by atomic mass is 16.6. The fourth-order valence-electron chi connectivity index (χ4n) is 6.71. The van der Waals surface area contributed by atoms with Crippen molar-refractivity contribution in [3.05, 3.63) is 144 Å². The molecule has 0 aliphatic carbocycles. The lowest BCUT2D eigenvalue weighted by atomic mass is 9.80. The maximum atomic E-state index is 13.0. The molecule has 0 saturated carbocycles. The van der Waals surface area contributed by atoms with Gasteiger partial charge in [0.1, 0.15) is 41.7 Å². The average molecular weight is 732 g/mol. The SMILES string of the molecule is COCCO[C@@H]1[C@H](O)[C@@H](COC(c2ccccc2)(c2ccc(OC)cc2)c2ccc(OC)cc2)O[C@H]1n1cnc2c(NC(=O)c3ccccc3)ncnc21. The molecule has 0 radical (unpaired) electrons. The molecule has 1 aliphatic heterocycles. The van der Waals surface area contributed by atoms with Crippen LogP contribution in [0.4, 0.5) is 5.82 Å². The molecule has 3 heterocycles. The summed E-state index contributed by atoms with van der Waals surface area (Å²) in [6.07, 6.45) is -0.866. The summed E-state index contributed by atoms with van der Waals surface area (Å²) in [6.45, 7) is 0.442. The first-order chi connectivity index (χ1) is 26.5. The number of aromatic nitrogens is 4. The van der Waals surface area contributed by atoms with E-state index in [1.807, 2.05) is 84.9 Å². The third-order valence-corrected chi connectivity index (χ3v) is 9.45. The van der Waals surface area contributed by atoms with Gasteiger partial charge in [0.25, 0.3) is 5.91 Å². The summed E-state index contributed by atoms with van der Waals surface area (Å²) < 4.78 is 37.8. The molecular formula is C41H41N5O8. The van der Waals surface area contributed by atoms with E-state index in [0.29, 0.717) is 34.8 Å². The van der Waals surface area contributed by atoms with Crippen molar-refractivity contribution in [2.75, 3.05) is 46.5 Å². The summed E-state index contributed by atoms with van der Waals surface area (Å²) in [5.74, 6) is 1.28. The van der Waals surface area contributed by atoms with E-state index in [2.05, 4.69) is 20.3 Å². The second-order valence-electron chi connectivity index (χ2n) is 12.6. The number of ether oxygens (including phenoxy) is 6. The highest BCUT2D eigenvalue weighted by molar-refractivity contribution is 6.06. The number of carbonyl (C=O) groups excluding carboxylic acids is 1. The van der Waals surface area contributed by atoms with Gasteiger partial charge in [0.05, 0.1) is 40.4 Å². The van der Waals surface area contributed by atoms with Gasteiger partial charge in [0.15, 0.2) is 23.2 Å². The second-order valence-corrected chi connectivity index (χ2v) is 12.6. The minimum atomic E-state index is -1.14. The summed E-state index contributed by atoms with van der Waals surface area (Å²) in [5.41, 5.74) is 2.57. The number of rotatable bonds is 15. The van der Waals surface area contributed by atoms with Crippen LogP contribution in [0.15, 0.2) is 122 Å². The van der Waals surface area contributed by atoms with E-state index in [9.17, 15) is 9.90 Å². The van der Waals surface area contributed by atoms with Gasteiger partial charge in [-0.1, -0.05) is 72.8 Å². The Morgan fingerprint density at radius 3 is 2.02 bits per heavy atom. The van der Waals surface area contributed by atoms with E-state index in [4.69, 9.17) is 28.4 Å². The van der Waals surface area contributed by atoms with E-state index >= 15 is 0 Å². The first-order valence-corrected chi connectivity index (χ1v) is 17.4. The summed E-state index contributed by atoms with van der Waals surface area (Å²) in [4.78, 5) is 26.3. The largest absolute Gasteiger partial charge is 0.497 e. The maximum Gasteiger partial charge on any atom is 0.256 e. The Hall–Kier alpha value is -5.70. The summed E-state index contributed by atoms with van der Waals surface area (Å²) >= 11 is 0. The number of anilines is 1. The van der Waals surface area contributed by atoms with E-state index < -0.39 is 30.1 Å². The van der Waals surface area contributed by atoms with Gasteiger partial charge in [-0.05, 0) is 53.1 Å². The molecule has 1 saturated heterocycles. The van der Waals surface area contributed by atoms with Crippen molar-refractivity contribution in [3.63, 3.8) is 0 Å². The van der Waals surface area contributed by atoms with Crippen LogP contribution in [0.2, 0.25) is 0 Å². The predicted molar refractivity (Wildman–Crippen MR) is 200 cm³/mol. The summed E-state index contributed by atoms with van der Waals surface area (Å²) in [6, 6.07) is 34.1. The zero-order valence-electron chi connectivity index (χ0n) is 30.1. The quantitative estimate of drug-likeness (QED) is 0.103. The molecule has 0 unspecified atom stereocenters. The van der Waals surface area contributed by atoms with Crippen LogP contribution in [0.5, 0.6) is 11.5 Å². The molecule has 6 aromatic rings. The average Bonchev–Trinajstić information content (AvgIpc) is 3.80. The molecule has 2 N–H and O–H groups in total. The van der Waals surface area contributed by atoms with Crippen LogP contribution < -0.4 is 14.8 Å². The van der Waals surface area contributed by atoms with Crippen LogP contribution in [0.25, 0.3) is 11.2 Å². The Labute approximate surface area is 312 Å². The molecule has 0 bridgehead atoms. The Bertz CT molecular complexity index is 2080. The number of hydrogen-bond acceptors (Lipinski definition) is 11. The standard InChI is InChI=1S/C41H41N5O8/c1-49-22-23-52-36-35(47)33(54-40(36)46-26-44-34-37(42-25-43-38(34)46)45-39(48)27-10-6-4-7-11-27)24-53-41(28-12-8-5-9-13-28,29-14-18-31(50-2)19-15-29)30-16-20-32(51-3)21-17-30/h4-21,25-26,33,35-36,40,47H,22-24H2,1-3H3,(H,42,43,45,48)/t33-,35-,36-,40-/m1/s1. The Morgan fingerprint density at radius 1 is 0.796 bits per heavy atom. The third-order valence-electron chi connectivity index (χ3n) is 9.45. The van der Waals surface area contributed by atoms with E-state index in [0.717, 1.165) is 16.7 Å². The Balaban J connectivity index is 1.24. The molecule has 13 heteroatoms. The van der Waals surface area contributed by atoms with Crippen molar-refractivity contribution in [1.82, 2.24) is 19.5 Å². The Morgan fingerprint density at radius 2 is 1.41 bits per heavy atom. The van der Waals surface area contributed by atoms with Crippen molar-refractivity contribution in [3.8, 4) is 11.5 Å². The van der Waals surface area contributed by atoms with Gasteiger partial charge >= 0.3 is 0 Å². The number of fused-ring (bicyclic) bond motifs is 1. The highest BCUT2D eigenvalue weighted by Crippen LogP contribution is 2.43. The monoisotopic (exact) mass is 731 g/mol. The minimum Gasteiger partial charge on any atom is -0.497 e. The molecule has 13 nitrogen and oxygen atoms in total. The first-order valence-electron chi connectivity index (χ1n) is 17.4. The van der Waals surface area contributed by atoms with E-state index in [1.54, 1.807) is 50.2 Å². The van der Waals surface area contributed by atoms with Gasteiger partial charge in [0, 0.05) is 12.7 Å². The van der Waals surface area contributed by atoms with Crippen LogP contribution >= 0.6 is 0 Å². The number of carbonyl (C=O) groups is 1. The molecule has 4 atom stereocenters. The fourth-order valence-corrected chi connectivity index (χ4v) is 6.71. The van der Waals surface area contributed by atoms with Crippen LogP contribution in [0, 0.1) is 0 Å². The zero-order chi connectivity index (χ0) is 37.5. The minimum absolute atomic E-state index is 0.0469. The number of methoxy groups -OCH3 is 3. The van der Waals surface area contributed by atoms with E-state index in [-0.39, 0.29) is 24.9 Å². The van der Waals surface area contributed by atoms with Crippen molar-refractivity contribution in [2.45, 2.75) is 30.1 Å². The Kier molecular flexibility index (Phi) is 11.2. The van der Waals surface area contributed by atoms with Crippen LogP contribution in [0.1, 0.15) is 33.3 Å². The number of imidazole rings is 1. The number of benzene rings is 4. The molecule has 278 valence electrons. The number of hydrogen-bond donors (Lipinski definition) is 2. The number of nitrogens with zero attached hydrogens (tertiary/aromatic N) is 4. The van der Waals surface area contributed by atoms with Crippen molar-refractivity contribution in [1.29, 1.82) is 0 Å². The topological polar surface area (TPSA) is 148 Å².